The Morgan fingerprint density at radius 2 is 1.83 bits per heavy atom. The standard InChI is InChI=1S/C20H21NO3/c1-20(2,24)16-8-9-18-17(11-16)15(10-19(22)23)13-21(18)12-14-6-4-3-5-7-14/h3-9,11,13,24H,10,12H2,1-2H3,(H,22,23). The molecule has 0 amide bonds. The van der Waals surface area contributed by atoms with Crippen molar-refractivity contribution in [3.8, 4) is 0 Å². The number of carboxylic acid groups (broad SMARTS) is 1. The summed E-state index contributed by atoms with van der Waals surface area (Å²) in [5.41, 5.74) is 2.71. The lowest BCUT2D eigenvalue weighted by molar-refractivity contribution is -0.136. The van der Waals surface area contributed by atoms with Gasteiger partial charge in [-0.15, -0.1) is 0 Å². The summed E-state index contributed by atoms with van der Waals surface area (Å²) < 4.78 is 2.07. The maximum Gasteiger partial charge on any atom is 0.307 e. The maximum absolute atomic E-state index is 11.2. The fraction of sp³-hybridized carbons (Fsp3) is 0.250. The van der Waals surface area contributed by atoms with Gasteiger partial charge in [0.25, 0.3) is 0 Å². The first-order valence-electron chi connectivity index (χ1n) is 7.95. The summed E-state index contributed by atoms with van der Waals surface area (Å²) in [5.74, 6) is -0.859. The van der Waals surface area contributed by atoms with Crippen molar-refractivity contribution in [3.63, 3.8) is 0 Å². The third-order valence-corrected chi connectivity index (χ3v) is 4.21. The monoisotopic (exact) mass is 323 g/mol. The van der Waals surface area contributed by atoms with Gasteiger partial charge in [-0.3, -0.25) is 4.79 Å². The fourth-order valence-corrected chi connectivity index (χ4v) is 2.97. The molecule has 0 aliphatic rings. The second kappa shape index (κ2) is 6.13. The van der Waals surface area contributed by atoms with E-state index in [4.69, 9.17) is 0 Å². The SMILES string of the molecule is CC(C)(O)c1ccc2c(c1)c(CC(=O)O)cn2Cc1ccccc1. The lowest BCUT2D eigenvalue weighted by atomic mass is 9.96. The van der Waals surface area contributed by atoms with Crippen LogP contribution in [0.4, 0.5) is 0 Å². The highest BCUT2D eigenvalue weighted by atomic mass is 16.4. The number of rotatable bonds is 5. The van der Waals surface area contributed by atoms with Crippen LogP contribution in [0.5, 0.6) is 0 Å². The highest BCUT2D eigenvalue weighted by Crippen LogP contribution is 2.29. The van der Waals surface area contributed by atoms with Crippen LogP contribution in [-0.2, 0) is 23.4 Å². The molecule has 0 aliphatic heterocycles. The van der Waals surface area contributed by atoms with Crippen LogP contribution in [0, 0.1) is 0 Å². The molecule has 4 nitrogen and oxygen atoms in total. The van der Waals surface area contributed by atoms with Crippen LogP contribution < -0.4 is 0 Å². The number of carboxylic acids is 1. The minimum absolute atomic E-state index is 0.0341. The Morgan fingerprint density at radius 1 is 1.12 bits per heavy atom. The van der Waals surface area contributed by atoms with E-state index in [9.17, 15) is 15.0 Å². The Bertz CT molecular complexity index is 873. The molecule has 0 fully saturated rings. The third kappa shape index (κ3) is 3.34. The van der Waals surface area contributed by atoms with Gasteiger partial charge in [0.05, 0.1) is 12.0 Å². The predicted molar refractivity (Wildman–Crippen MR) is 94.1 cm³/mol. The lowest BCUT2D eigenvalue weighted by Crippen LogP contribution is -2.15. The van der Waals surface area contributed by atoms with Crippen LogP contribution in [0.1, 0.15) is 30.5 Å². The van der Waals surface area contributed by atoms with Crippen molar-refractivity contribution in [1.82, 2.24) is 4.57 Å². The maximum atomic E-state index is 11.2. The molecule has 0 atom stereocenters. The number of fused-ring (bicyclic) bond motifs is 1. The van der Waals surface area contributed by atoms with Crippen LogP contribution in [0.15, 0.2) is 54.7 Å². The van der Waals surface area contributed by atoms with E-state index in [-0.39, 0.29) is 6.42 Å². The minimum Gasteiger partial charge on any atom is -0.481 e. The van der Waals surface area contributed by atoms with E-state index in [0.29, 0.717) is 6.54 Å². The molecule has 3 rings (SSSR count). The molecule has 0 saturated carbocycles. The smallest absolute Gasteiger partial charge is 0.307 e. The normalized spacial score (nSPS) is 11.8. The number of aromatic nitrogens is 1. The third-order valence-electron chi connectivity index (χ3n) is 4.21. The molecule has 1 heterocycles. The highest BCUT2D eigenvalue weighted by Gasteiger charge is 2.19. The zero-order chi connectivity index (χ0) is 17.3. The molecular formula is C20H21NO3. The van der Waals surface area contributed by atoms with Crippen molar-refractivity contribution in [1.29, 1.82) is 0 Å². The van der Waals surface area contributed by atoms with Crippen LogP contribution in [0.3, 0.4) is 0 Å². The zero-order valence-electron chi connectivity index (χ0n) is 13.9. The first-order valence-corrected chi connectivity index (χ1v) is 7.95. The zero-order valence-corrected chi connectivity index (χ0v) is 13.9. The number of aliphatic hydroxyl groups is 1. The Kier molecular flexibility index (Phi) is 4.16. The van der Waals surface area contributed by atoms with E-state index in [0.717, 1.165) is 27.6 Å². The van der Waals surface area contributed by atoms with Gasteiger partial charge in [0.2, 0.25) is 0 Å². The van der Waals surface area contributed by atoms with Crippen LogP contribution in [0.2, 0.25) is 0 Å². The van der Waals surface area contributed by atoms with Crippen LogP contribution in [-0.4, -0.2) is 20.7 Å². The lowest BCUT2D eigenvalue weighted by Gasteiger charge is -2.18. The summed E-state index contributed by atoms with van der Waals surface area (Å²) in [6.07, 6.45) is 1.87. The van der Waals surface area contributed by atoms with E-state index in [1.165, 1.54) is 0 Å². The Balaban J connectivity index is 2.11. The molecule has 1 aromatic heterocycles. The highest BCUT2D eigenvalue weighted by molar-refractivity contribution is 5.88. The van der Waals surface area contributed by atoms with Crippen molar-refractivity contribution < 1.29 is 15.0 Å². The molecule has 3 aromatic rings. The molecule has 2 N–H and O–H groups in total. The van der Waals surface area contributed by atoms with Gasteiger partial charge < -0.3 is 14.8 Å². The Labute approximate surface area is 141 Å². The fourth-order valence-electron chi connectivity index (χ4n) is 2.97. The van der Waals surface area contributed by atoms with Crippen molar-refractivity contribution in [2.45, 2.75) is 32.4 Å². The number of benzene rings is 2. The number of nitrogens with zero attached hydrogens (tertiary/aromatic N) is 1. The molecule has 2 aromatic carbocycles. The number of hydrogen-bond acceptors (Lipinski definition) is 2. The first-order chi connectivity index (χ1) is 11.3. The van der Waals surface area contributed by atoms with E-state index >= 15 is 0 Å². The van der Waals surface area contributed by atoms with Crippen molar-refractivity contribution in [3.05, 3.63) is 71.4 Å². The van der Waals surface area contributed by atoms with Gasteiger partial charge in [0.15, 0.2) is 0 Å². The van der Waals surface area contributed by atoms with E-state index in [1.54, 1.807) is 13.8 Å². The molecule has 124 valence electrons. The topological polar surface area (TPSA) is 62.5 Å². The summed E-state index contributed by atoms with van der Waals surface area (Å²) in [4.78, 5) is 11.2. The summed E-state index contributed by atoms with van der Waals surface area (Å²) in [5, 5.41) is 20.3. The summed E-state index contributed by atoms with van der Waals surface area (Å²) >= 11 is 0. The molecule has 0 bridgehead atoms. The molecule has 24 heavy (non-hydrogen) atoms. The molecule has 4 heteroatoms. The van der Waals surface area contributed by atoms with Gasteiger partial charge in [-0.05, 0) is 42.7 Å². The Morgan fingerprint density at radius 3 is 2.46 bits per heavy atom. The average Bonchev–Trinajstić information content (AvgIpc) is 2.84. The quantitative estimate of drug-likeness (QED) is 0.755. The van der Waals surface area contributed by atoms with Crippen molar-refractivity contribution >= 4 is 16.9 Å². The number of aliphatic carboxylic acids is 1. The van der Waals surface area contributed by atoms with Gasteiger partial charge in [-0.25, -0.2) is 0 Å². The van der Waals surface area contributed by atoms with Gasteiger partial charge in [0.1, 0.15) is 0 Å². The summed E-state index contributed by atoms with van der Waals surface area (Å²) in [7, 11) is 0. The second-order valence-corrected chi connectivity index (χ2v) is 6.63. The van der Waals surface area contributed by atoms with Crippen LogP contribution in [0.25, 0.3) is 10.9 Å². The molecular weight excluding hydrogens is 302 g/mol. The van der Waals surface area contributed by atoms with Gasteiger partial charge in [-0.1, -0.05) is 36.4 Å². The largest absolute Gasteiger partial charge is 0.481 e. The van der Waals surface area contributed by atoms with Gasteiger partial charge >= 0.3 is 5.97 Å². The molecule has 0 radical (unpaired) electrons. The van der Waals surface area contributed by atoms with Gasteiger partial charge in [-0.2, -0.15) is 0 Å². The van der Waals surface area contributed by atoms with Crippen molar-refractivity contribution in [2.24, 2.45) is 0 Å². The molecule has 0 spiro atoms. The van der Waals surface area contributed by atoms with Gasteiger partial charge in [0, 0.05) is 23.6 Å². The van der Waals surface area contributed by atoms with E-state index in [2.05, 4.69) is 4.57 Å². The van der Waals surface area contributed by atoms with E-state index in [1.807, 2.05) is 54.7 Å². The summed E-state index contributed by atoms with van der Waals surface area (Å²) in [6, 6.07) is 15.8. The Hall–Kier alpha value is -2.59. The van der Waals surface area contributed by atoms with Crippen LogP contribution >= 0.6 is 0 Å². The first kappa shape index (κ1) is 16.3. The average molecular weight is 323 g/mol. The number of hydrogen-bond donors (Lipinski definition) is 2. The molecule has 0 saturated heterocycles. The predicted octanol–water partition coefficient (Wildman–Crippen LogP) is 3.54. The summed E-state index contributed by atoms with van der Waals surface area (Å²) in [6.45, 7) is 4.14. The second-order valence-electron chi connectivity index (χ2n) is 6.63. The van der Waals surface area contributed by atoms with Crippen molar-refractivity contribution in [2.75, 3.05) is 0 Å². The molecule has 0 unspecified atom stereocenters. The number of carbonyl (C=O) groups is 1. The molecule has 0 aliphatic carbocycles. The minimum atomic E-state index is -0.962. The van der Waals surface area contributed by atoms with E-state index < -0.39 is 11.6 Å².